The van der Waals surface area contributed by atoms with E-state index in [-0.39, 0.29) is 11.9 Å². The summed E-state index contributed by atoms with van der Waals surface area (Å²) in [6.45, 7) is 4.28. The van der Waals surface area contributed by atoms with Crippen molar-refractivity contribution in [2.24, 2.45) is 0 Å². The molecule has 0 bridgehead atoms. The van der Waals surface area contributed by atoms with Crippen LogP contribution in [0.3, 0.4) is 0 Å². The van der Waals surface area contributed by atoms with Gasteiger partial charge >= 0.3 is 5.97 Å². The van der Waals surface area contributed by atoms with Crippen LogP contribution in [0.4, 0.5) is 0 Å². The number of hydrogen-bond donors (Lipinski definition) is 0. The maximum absolute atomic E-state index is 12.0. The third kappa shape index (κ3) is 4.10. The van der Waals surface area contributed by atoms with E-state index in [2.05, 4.69) is 31.2 Å². The van der Waals surface area contributed by atoms with Crippen LogP contribution in [0.15, 0.2) is 48.5 Å². The molecule has 0 unspecified atom stereocenters. The average molecular weight is 298 g/mol. The van der Waals surface area contributed by atoms with Gasteiger partial charge in [-0.05, 0) is 37.1 Å². The van der Waals surface area contributed by atoms with E-state index < -0.39 is 0 Å². The molecule has 3 nitrogen and oxygen atoms in total. The molecule has 0 aliphatic rings. The second kappa shape index (κ2) is 7.64. The predicted molar refractivity (Wildman–Crippen MR) is 87.3 cm³/mol. The van der Waals surface area contributed by atoms with E-state index in [1.54, 1.807) is 7.11 Å². The van der Waals surface area contributed by atoms with Crippen molar-refractivity contribution in [3.8, 4) is 5.75 Å². The fourth-order valence-electron chi connectivity index (χ4n) is 2.47. The summed E-state index contributed by atoms with van der Waals surface area (Å²) in [5.74, 6) is 0.573. The van der Waals surface area contributed by atoms with Gasteiger partial charge in [0.25, 0.3) is 0 Å². The smallest absolute Gasteiger partial charge is 0.306 e. The van der Waals surface area contributed by atoms with E-state index in [4.69, 9.17) is 9.47 Å². The van der Waals surface area contributed by atoms with Crippen molar-refractivity contribution in [2.75, 3.05) is 13.7 Å². The molecule has 0 radical (unpaired) electrons. The lowest BCUT2D eigenvalue weighted by molar-refractivity contribution is -0.143. The minimum atomic E-state index is -0.184. The fourth-order valence-corrected chi connectivity index (χ4v) is 2.47. The molecule has 1 atom stereocenters. The van der Waals surface area contributed by atoms with Crippen molar-refractivity contribution in [1.29, 1.82) is 0 Å². The molecule has 0 amide bonds. The molecule has 3 heteroatoms. The minimum Gasteiger partial charge on any atom is -0.497 e. The minimum absolute atomic E-state index is 0.0326. The molecule has 2 aromatic rings. The quantitative estimate of drug-likeness (QED) is 0.754. The Labute approximate surface area is 131 Å². The number of carbonyl (C=O) groups excluding carboxylic acids is 1. The maximum Gasteiger partial charge on any atom is 0.306 e. The lowest BCUT2D eigenvalue weighted by Crippen LogP contribution is -2.11. The number of methoxy groups -OCH3 is 1. The Morgan fingerprint density at radius 1 is 1.09 bits per heavy atom. The summed E-state index contributed by atoms with van der Waals surface area (Å²) in [6, 6.07) is 16.1. The zero-order chi connectivity index (χ0) is 15.9. The molecule has 0 saturated carbocycles. The largest absolute Gasteiger partial charge is 0.497 e. The molecule has 0 fully saturated rings. The molecule has 0 heterocycles. The lowest BCUT2D eigenvalue weighted by atomic mass is 9.88. The van der Waals surface area contributed by atoms with Crippen LogP contribution in [0.2, 0.25) is 0 Å². The summed E-state index contributed by atoms with van der Waals surface area (Å²) >= 11 is 0. The zero-order valence-electron chi connectivity index (χ0n) is 13.3. The zero-order valence-corrected chi connectivity index (χ0v) is 13.3. The van der Waals surface area contributed by atoms with Gasteiger partial charge in [-0.2, -0.15) is 0 Å². The highest BCUT2D eigenvalue weighted by Crippen LogP contribution is 2.30. The summed E-state index contributed by atoms with van der Waals surface area (Å²) in [6.07, 6.45) is 0.323. The predicted octanol–water partition coefficient (Wildman–Crippen LogP) is 4.09. The van der Waals surface area contributed by atoms with Gasteiger partial charge < -0.3 is 9.47 Å². The van der Waals surface area contributed by atoms with Gasteiger partial charge in [0.1, 0.15) is 5.75 Å². The molecule has 0 aliphatic heterocycles. The third-order valence-corrected chi connectivity index (χ3v) is 3.65. The second-order valence-corrected chi connectivity index (χ2v) is 5.25. The number of ether oxygens (including phenoxy) is 2. The highest BCUT2D eigenvalue weighted by molar-refractivity contribution is 5.71. The summed E-state index contributed by atoms with van der Waals surface area (Å²) in [5.41, 5.74) is 3.35. The summed E-state index contributed by atoms with van der Waals surface area (Å²) in [7, 11) is 1.64. The van der Waals surface area contributed by atoms with Gasteiger partial charge in [-0.3, -0.25) is 4.79 Å². The molecule has 0 spiro atoms. The highest BCUT2D eigenvalue weighted by atomic mass is 16.5. The van der Waals surface area contributed by atoms with Crippen LogP contribution in [-0.4, -0.2) is 19.7 Å². The molecule has 2 aromatic carbocycles. The summed E-state index contributed by atoms with van der Waals surface area (Å²) in [5, 5.41) is 0. The SMILES string of the molecule is CCOC(=O)C[C@H](c1ccc(C)cc1)c1cccc(OC)c1. The van der Waals surface area contributed by atoms with Gasteiger partial charge in [0, 0.05) is 5.92 Å². The maximum atomic E-state index is 12.0. The molecule has 116 valence electrons. The first-order valence-electron chi connectivity index (χ1n) is 7.50. The molecule has 0 aromatic heterocycles. The summed E-state index contributed by atoms with van der Waals surface area (Å²) < 4.78 is 10.4. The van der Waals surface area contributed by atoms with Crippen molar-refractivity contribution in [1.82, 2.24) is 0 Å². The van der Waals surface area contributed by atoms with Crippen LogP contribution in [0.1, 0.15) is 36.0 Å². The number of esters is 1. The molecule has 0 N–H and O–H groups in total. The fraction of sp³-hybridized carbons (Fsp3) is 0.316. The second-order valence-electron chi connectivity index (χ2n) is 5.25. The first kappa shape index (κ1) is 16.1. The van der Waals surface area contributed by atoms with Crippen molar-refractivity contribution in [3.63, 3.8) is 0 Å². The van der Waals surface area contributed by atoms with E-state index in [0.717, 1.165) is 16.9 Å². The third-order valence-electron chi connectivity index (χ3n) is 3.65. The van der Waals surface area contributed by atoms with Gasteiger partial charge in [0.05, 0.1) is 20.1 Å². The molecule has 2 rings (SSSR count). The van der Waals surface area contributed by atoms with Crippen LogP contribution in [0, 0.1) is 6.92 Å². The van der Waals surface area contributed by atoms with E-state index in [1.807, 2.05) is 31.2 Å². The van der Waals surface area contributed by atoms with Crippen LogP contribution in [0.5, 0.6) is 5.75 Å². The van der Waals surface area contributed by atoms with Crippen molar-refractivity contribution in [2.45, 2.75) is 26.2 Å². The van der Waals surface area contributed by atoms with Gasteiger partial charge in [-0.1, -0.05) is 42.0 Å². The van der Waals surface area contributed by atoms with Crippen molar-refractivity contribution in [3.05, 3.63) is 65.2 Å². The molecule has 0 saturated heterocycles. The molecular weight excluding hydrogens is 276 g/mol. The first-order chi connectivity index (χ1) is 10.6. The number of hydrogen-bond acceptors (Lipinski definition) is 3. The van der Waals surface area contributed by atoms with E-state index in [9.17, 15) is 4.79 Å². The van der Waals surface area contributed by atoms with Crippen LogP contribution in [0.25, 0.3) is 0 Å². The Kier molecular flexibility index (Phi) is 5.59. The topological polar surface area (TPSA) is 35.5 Å². The van der Waals surface area contributed by atoms with Gasteiger partial charge in [-0.15, -0.1) is 0 Å². The van der Waals surface area contributed by atoms with Crippen molar-refractivity contribution < 1.29 is 14.3 Å². The Bertz CT molecular complexity index is 617. The van der Waals surface area contributed by atoms with Crippen LogP contribution >= 0.6 is 0 Å². The Morgan fingerprint density at radius 3 is 2.45 bits per heavy atom. The van der Waals surface area contributed by atoms with Gasteiger partial charge in [0.15, 0.2) is 0 Å². The molecule has 22 heavy (non-hydrogen) atoms. The number of benzene rings is 2. The van der Waals surface area contributed by atoms with Gasteiger partial charge in [-0.25, -0.2) is 0 Å². The molecule has 0 aliphatic carbocycles. The Morgan fingerprint density at radius 2 is 1.82 bits per heavy atom. The van der Waals surface area contributed by atoms with E-state index >= 15 is 0 Å². The Hall–Kier alpha value is -2.29. The molecular formula is C19H22O3. The lowest BCUT2D eigenvalue weighted by Gasteiger charge is -2.18. The number of carbonyl (C=O) groups is 1. The monoisotopic (exact) mass is 298 g/mol. The van der Waals surface area contributed by atoms with Crippen molar-refractivity contribution >= 4 is 5.97 Å². The standard InChI is InChI=1S/C19H22O3/c1-4-22-19(20)13-18(15-10-8-14(2)9-11-15)16-6-5-7-17(12-16)21-3/h5-12,18H,4,13H2,1-3H3/t18-/m1/s1. The van der Waals surface area contributed by atoms with E-state index in [1.165, 1.54) is 5.56 Å². The first-order valence-corrected chi connectivity index (χ1v) is 7.50. The van der Waals surface area contributed by atoms with Crippen LogP contribution < -0.4 is 4.74 Å². The van der Waals surface area contributed by atoms with Gasteiger partial charge in [0.2, 0.25) is 0 Å². The summed E-state index contributed by atoms with van der Waals surface area (Å²) in [4.78, 5) is 12.0. The number of aryl methyl sites for hydroxylation is 1. The Balaban J connectivity index is 2.35. The number of rotatable bonds is 6. The highest BCUT2D eigenvalue weighted by Gasteiger charge is 2.19. The van der Waals surface area contributed by atoms with E-state index in [0.29, 0.717) is 13.0 Å². The normalized spacial score (nSPS) is 11.8. The van der Waals surface area contributed by atoms with Crippen LogP contribution in [-0.2, 0) is 9.53 Å². The average Bonchev–Trinajstić information content (AvgIpc) is 2.54.